The Morgan fingerprint density at radius 3 is 2.58 bits per heavy atom. The number of ether oxygens (including phenoxy) is 1. The lowest BCUT2D eigenvalue weighted by atomic mass is 9.79. The molecule has 2 aliphatic rings. The maximum atomic E-state index is 11.2. The monoisotopic (exact) mass is 278 g/mol. The van der Waals surface area contributed by atoms with Crippen molar-refractivity contribution in [2.45, 2.75) is 55.1 Å². The molecule has 2 nitrogen and oxygen atoms in total. The van der Waals surface area contributed by atoms with Gasteiger partial charge >= 0.3 is 0 Å². The number of fused-ring (bicyclic) bond motifs is 2. The molecule has 2 atom stereocenters. The minimum Gasteiger partial charge on any atom is -0.497 e. The van der Waals surface area contributed by atoms with Crippen molar-refractivity contribution in [3.8, 4) is 5.75 Å². The van der Waals surface area contributed by atoms with Crippen LogP contribution < -0.4 is 4.74 Å². The van der Waals surface area contributed by atoms with Crippen LogP contribution in [0.3, 0.4) is 0 Å². The summed E-state index contributed by atoms with van der Waals surface area (Å²) in [7, 11) is 1.68. The molecule has 1 aromatic rings. The molecule has 0 amide bonds. The molecule has 2 aliphatic heterocycles. The minimum absolute atomic E-state index is 0.628. The highest BCUT2D eigenvalue weighted by Crippen LogP contribution is 2.50. The second-order valence-electron chi connectivity index (χ2n) is 5.93. The van der Waals surface area contributed by atoms with Crippen molar-refractivity contribution < 1.29 is 9.84 Å². The minimum atomic E-state index is -0.653. The third kappa shape index (κ3) is 2.50. The van der Waals surface area contributed by atoms with Crippen LogP contribution in [0.5, 0.6) is 5.75 Å². The molecule has 104 valence electrons. The summed E-state index contributed by atoms with van der Waals surface area (Å²) in [5.41, 5.74) is 1.59. The van der Waals surface area contributed by atoms with Crippen LogP contribution in [0.1, 0.15) is 43.2 Å². The normalized spacial score (nSPS) is 34.1. The van der Waals surface area contributed by atoms with E-state index in [-0.39, 0.29) is 0 Å². The van der Waals surface area contributed by atoms with E-state index in [1.54, 1.807) is 7.11 Å². The highest BCUT2D eigenvalue weighted by molar-refractivity contribution is 8.00. The summed E-state index contributed by atoms with van der Waals surface area (Å²) in [6, 6.07) is 6.06. The van der Waals surface area contributed by atoms with Gasteiger partial charge in [-0.15, -0.1) is 0 Å². The molecule has 2 heterocycles. The number of thioether (sulfide) groups is 1. The average molecular weight is 278 g/mol. The van der Waals surface area contributed by atoms with Crippen LogP contribution in [0.4, 0.5) is 0 Å². The molecule has 0 aliphatic carbocycles. The Balaban J connectivity index is 1.95. The summed E-state index contributed by atoms with van der Waals surface area (Å²) < 4.78 is 5.32. The van der Waals surface area contributed by atoms with E-state index in [2.05, 4.69) is 24.8 Å². The number of hydrogen-bond acceptors (Lipinski definition) is 3. The molecule has 1 N–H and O–H groups in total. The summed E-state index contributed by atoms with van der Waals surface area (Å²) >= 11 is 2.09. The molecule has 2 saturated heterocycles. The Labute approximate surface area is 119 Å². The summed E-state index contributed by atoms with van der Waals surface area (Å²) in [5.74, 6) is 0.845. The Hall–Kier alpha value is -0.670. The zero-order valence-corrected chi connectivity index (χ0v) is 12.5. The lowest BCUT2D eigenvalue weighted by Gasteiger charge is -2.44. The van der Waals surface area contributed by atoms with Crippen LogP contribution in [0.2, 0.25) is 0 Å². The fourth-order valence-corrected chi connectivity index (χ4v) is 5.46. The number of rotatable bonds is 2. The molecule has 0 saturated carbocycles. The molecular formula is C16H22O2S. The molecule has 2 fully saturated rings. The van der Waals surface area contributed by atoms with Gasteiger partial charge in [-0.1, -0.05) is 12.5 Å². The molecule has 2 bridgehead atoms. The van der Waals surface area contributed by atoms with Crippen LogP contribution in [0.25, 0.3) is 0 Å². The quantitative estimate of drug-likeness (QED) is 0.895. The van der Waals surface area contributed by atoms with E-state index in [0.717, 1.165) is 24.2 Å². The van der Waals surface area contributed by atoms with Crippen molar-refractivity contribution in [1.82, 2.24) is 0 Å². The number of aryl methyl sites for hydroxylation is 1. The second-order valence-corrected chi connectivity index (χ2v) is 7.54. The number of hydrogen-bond donors (Lipinski definition) is 1. The van der Waals surface area contributed by atoms with Crippen LogP contribution in [0.15, 0.2) is 18.2 Å². The number of benzene rings is 1. The Morgan fingerprint density at radius 2 is 1.95 bits per heavy atom. The van der Waals surface area contributed by atoms with Crippen molar-refractivity contribution in [2.24, 2.45) is 0 Å². The van der Waals surface area contributed by atoms with Gasteiger partial charge in [0.2, 0.25) is 0 Å². The molecule has 3 rings (SSSR count). The SMILES string of the molecule is COc1ccc(C)c(C2(O)CC3CCCC(C2)S3)c1. The van der Waals surface area contributed by atoms with Gasteiger partial charge < -0.3 is 9.84 Å². The Bertz CT molecular complexity index is 460. The van der Waals surface area contributed by atoms with E-state index in [1.807, 2.05) is 12.1 Å². The lowest BCUT2D eigenvalue weighted by Crippen LogP contribution is -2.41. The molecule has 2 unspecified atom stereocenters. The fraction of sp³-hybridized carbons (Fsp3) is 0.625. The standard InChI is InChI=1S/C16H22O2S/c1-11-6-7-12(18-2)8-15(11)16(17)9-13-4-3-5-14(10-16)19-13/h6-8,13-14,17H,3-5,9-10H2,1-2H3. The van der Waals surface area contributed by atoms with Crippen molar-refractivity contribution in [2.75, 3.05) is 7.11 Å². The number of methoxy groups -OCH3 is 1. The summed E-state index contributed by atoms with van der Waals surface area (Å²) in [4.78, 5) is 0. The van der Waals surface area contributed by atoms with E-state index in [1.165, 1.54) is 24.8 Å². The summed E-state index contributed by atoms with van der Waals surface area (Å²) in [6.07, 6.45) is 5.62. The van der Waals surface area contributed by atoms with Gasteiger partial charge in [0.25, 0.3) is 0 Å². The lowest BCUT2D eigenvalue weighted by molar-refractivity contribution is 0.00739. The first-order valence-electron chi connectivity index (χ1n) is 7.14. The molecule has 0 aromatic heterocycles. The predicted octanol–water partition coefficient (Wildman–Crippen LogP) is 3.64. The summed E-state index contributed by atoms with van der Waals surface area (Å²) in [6.45, 7) is 2.09. The zero-order valence-electron chi connectivity index (χ0n) is 11.7. The first-order chi connectivity index (χ1) is 9.10. The first kappa shape index (κ1) is 13.3. The predicted molar refractivity (Wildman–Crippen MR) is 79.9 cm³/mol. The second kappa shape index (κ2) is 5.02. The topological polar surface area (TPSA) is 29.5 Å². The maximum Gasteiger partial charge on any atom is 0.119 e. The van der Waals surface area contributed by atoms with E-state index >= 15 is 0 Å². The first-order valence-corrected chi connectivity index (χ1v) is 8.08. The van der Waals surface area contributed by atoms with Gasteiger partial charge in [0.15, 0.2) is 0 Å². The van der Waals surface area contributed by atoms with Gasteiger partial charge in [-0.05, 0) is 55.9 Å². The zero-order chi connectivity index (χ0) is 13.5. The van der Waals surface area contributed by atoms with Gasteiger partial charge in [0.1, 0.15) is 5.75 Å². The highest BCUT2D eigenvalue weighted by Gasteiger charge is 2.43. The van der Waals surface area contributed by atoms with Gasteiger partial charge in [-0.3, -0.25) is 0 Å². The van der Waals surface area contributed by atoms with Gasteiger partial charge in [0.05, 0.1) is 12.7 Å². The van der Waals surface area contributed by atoms with Crippen molar-refractivity contribution in [3.63, 3.8) is 0 Å². The van der Waals surface area contributed by atoms with Crippen molar-refractivity contribution in [3.05, 3.63) is 29.3 Å². The van der Waals surface area contributed by atoms with Crippen LogP contribution in [-0.2, 0) is 5.60 Å². The average Bonchev–Trinajstić information content (AvgIpc) is 2.38. The van der Waals surface area contributed by atoms with E-state index in [4.69, 9.17) is 4.74 Å². The molecule has 1 aromatic carbocycles. The largest absolute Gasteiger partial charge is 0.497 e. The molecule has 19 heavy (non-hydrogen) atoms. The van der Waals surface area contributed by atoms with E-state index < -0.39 is 5.60 Å². The number of aliphatic hydroxyl groups is 1. The van der Waals surface area contributed by atoms with Crippen molar-refractivity contribution in [1.29, 1.82) is 0 Å². The van der Waals surface area contributed by atoms with Gasteiger partial charge in [0, 0.05) is 10.5 Å². The van der Waals surface area contributed by atoms with Gasteiger partial charge in [-0.25, -0.2) is 0 Å². The Kier molecular flexibility index (Phi) is 3.52. The molecule has 0 radical (unpaired) electrons. The third-order valence-corrected chi connectivity index (χ3v) is 6.09. The molecular weight excluding hydrogens is 256 g/mol. The summed E-state index contributed by atoms with van der Waals surface area (Å²) in [5, 5.41) is 12.4. The van der Waals surface area contributed by atoms with Crippen LogP contribution in [0, 0.1) is 6.92 Å². The van der Waals surface area contributed by atoms with Gasteiger partial charge in [-0.2, -0.15) is 11.8 Å². The van der Waals surface area contributed by atoms with Crippen LogP contribution in [-0.4, -0.2) is 22.7 Å². The maximum absolute atomic E-state index is 11.2. The molecule has 0 spiro atoms. The smallest absolute Gasteiger partial charge is 0.119 e. The van der Waals surface area contributed by atoms with Crippen molar-refractivity contribution >= 4 is 11.8 Å². The third-order valence-electron chi connectivity index (χ3n) is 4.51. The highest BCUT2D eigenvalue weighted by atomic mass is 32.2. The molecule has 3 heteroatoms. The Morgan fingerprint density at radius 1 is 1.26 bits per heavy atom. The van der Waals surface area contributed by atoms with Crippen LogP contribution >= 0.6 is 11.8 Å². The van der Waals surface area contributed by atoms with E-state index in [0.29, 0.717) is 10.5 Å². The fourth-order valence-electron chi connectivity index (χ4n) is 3.57. The van der Waals surface area contributed by atoms with E-state index in [9.17, 15) is 5.11 Å².